The average Bonchev–Trinajstić information content (AvgIpc) is 2.80. The van der Waals surface area contributed by atoms with E-state index in [1.54, 1.807) is 0 Å². The van der Waals surface area contributed by atoms with Gasteiger partial charge in [-0.15, -0.1) is 0 Å². The number of nitrogens with zero attached hydrogens (tertiary/aromatic N) is 3. The van der Waals surface area contributed by atoms with Crippen LogP contribution in [0.1, 0.15) is 31.2 Å². The summed E-state index contributed by atoms with van der Waals surface area (Å²) in [5, 5.41) is 9.89. The summed E-state index contributed by atoms with van der Waals surface area (Å²) in [7, 11) is 0. The van der Waals surface area contributed by atoms with Crippen LogP contribution in [0.3, 0.4) is 0 Å². The van der Waals surface area contributed by atoms with E-state index in [9.17, 15) is 5.11 Å². The van der Waals surface area contributed by atoms with Crippen LogP contribution in [0.25, 0.3) is 0 Å². The fourth-order valence-corrected chi connectivity index (χ4v) is 2.44. The summed E-state index contributed by atoms with van der Waals surface area (Å²) >= 11 is 6.13. The average molecular weight is 256 g/mol. The topological polar surface area (TPSA) is 49.2 Å². The number of aryl methyl sites for hydroxylation is 1. The number of halogens is 1. The third kappa shape index (κ3) is 2.38. The van der Waals surface area contributed by atoms with Crippen molar-refractivity contribution in [2.24, 2.45) is 0 Å². The van der Waals surface area contributed by atoms with Crippen LogP contribution >= 0.6 is 11.6 Å². The Kier molecular flexibility index (Phi) is 3.84. The largest absolute Gasteiger partial charge is 0.394 e. The van der Waals surface area contributed by atoms with Crippen LogP contribution < -0.4 is 4.90 Å². The lowest BCUT2D eigenvalue weighted by atomic mass is 10.2. The second-order valence-electron chi connectivity index (χ2n) is 4.40. The molecule has 5 heteroatoms. The molecule has 17 heavy (non-hydrogen) atoms. The van der Waals surface area contributed by atoms with Crippen molar-refractivity contribution in [1.29, 1.82) is 0 Å². The molecule has 0 bridgehead atoms. The van der Waals surface area contributed by atoms with Crippen molar-refractivity contribution in [3.05, 3.63) is 16.5 Å². The Bertz CT molecular complexity index is 411. The molecule has 0 saturated carbocycles. The highest BCUT2D eigenvalue weighted by Gasteiger charge is 2.27. The van der Waals surface area contributed by atoms with Gasteiger partial charge in [-0.2, -0.15) is 0 Å². The fourth-order valence-electron chi connectivity index (χ4n) is 2.26. The number of aromatic nitrogens is 2. The molecule has 1 aromatic heterocycles. The zero-order valence-electron chi connectivity index (χ0n) is 10.3. The third-order valence-electron chi connectivity index (χ3n) is 3.28. The van der Waals surface area contributed by atoms with Crippen molar-refractivity contribution >= 4 is 17.4 Å². The molecule has 0 amide bonds. The first-order valence-electron chi connectivity index (χ1n) is 6.07. The van der Waals surface area contributed by atoms with E-state index in [2.05, 4.69) is 14.9 Å². The highest BCUT2D eigenvalue weighted by Crippen LogP contribution is 2.29. The molecule has 0 spiro atoms. The van der Waals surface area contributed by atoms with E-state index >= 15 is 0 Å². The third-order valence-corrected chi connectivity index (χ3v) is 3.65. The van der Waals surface area contributed by atoms with Gasteiger partial charge in [0.2, 0.25) is 0 Å². The number of hydrogen-bond acceptors (Lipinski definition) is 4. The summed E-state index contributed by atoms with van der Waals surface area (Å²) in [6.45, 7) is 5.05. The Balaban J connectivity index is 2.39. The van der Waals surface area contributed by atoms with E-state index < -0.39 is 0 Å². The first-order valence-corrected chi connectivity index (χ1v) is 6.45. The Morgan fingerprint density at radius 1 is 1.47 bits per heavy atom. The molecule has 1 aliphatic heterocycles. The van der Waals surface area contributed by atoms with E-state index in [0.29, 0.717) is 5.15 Å². The van der Waals surface area contributed by atoms with Gasteiger partial charge in [-0.05, 0) is 19.8 Å². The van der Waals surface area contributed by atoms with E-state index in [1.807, 2.05) is 13.8 Å². The number of aliphatic hydroxyl groups excluding tert-OH is 1. The molecule has 1 unspecified atom stereocenters. The second-order valence-corrected chi connectivity index (χ2v) is 4.76. The molecule has 0 aliphatic carbocycles. The van der Waals surface area contributed by atoms with E-state index in [1.165, 1.54) is 0 Å². The van der Waals surface area contributed by atoms with Crippen LogP contribution in [-0.2, 0) is 6.42 Å². The zero-order valence-corrected chi connectivity index (χ0v) is 11.0. The Morgan fingerprint density at radius 2 is 2.24 bits per heavy atom. The van der Waals surface area contributed by atoms with Crippen LogP contribution in [0.4, 0.5) is 5.82 Å². The van der Waals surface area contributed by atoms with E-state index in [0.717, 1.165) is 43.0 Å². The molecule has 1 N–H and O–H groups in total. The van der Waals surface area contributed by atoms with Crippen molar-refractivity contribution in [1.82, 2.24) is 9.97 Å². The summed E-state index contributed by atoms with van der Waals surface area (Å²) in [4.78, 5) is 10.9. The molecule has 1 atom stereocenters. The summed E-state index contributed by atoms with van der Waals surface area (Å²) in [6.07, 6.45) is 2.87. The molecule has 2 rings (SSSR count). The van der Waals surface area contributed by atoms with Gasteiger partial charge >= 0.3 is 0 Å². The highest BCUT2D eigenvalue weighted by atomic mass is 35.5. The molecular formula is C12H18ClN3O. The standard InChI is InChI=1S/C12H18ClN3O/c1-3-10-14-11(13)8(2)12(15-10)16-6-4-5-9(16)7-17/h9,17H,3-7H2,1-2H3. The summed E-state index contributed by atoms with van der Waals surface area (Å²) < 4.78 is 0. The van der Waals surface area contributed by atoms with Crippen LogP contribution in [0.5, 0.6) is 0 Å². The molecule has 0 radical (unpaired) electrons. The Hall–Kier alpha value is -0.870. The maximum absolute atomic E-state index is 9.37. The van der Waals surface area contributed by atoms with E-state index in [-0.39, 0.29) is 12.6 Å². The van der Waals surface area contributed by atoms with Gasteiger partial charge in [0.25, 0.3) is 0 Å². The second kappa shape index (κ2) is 5.19. The maximum atomic E-state index is 9.37. The van der Waals surface area contributed by atoms with Gasteiger partial charge in [0.15, 0.2) is 0 Å². The van der Waals surface area contributed by atoms with Crippen molar-refractivity contribution in [3.8, 4) is 0 Å². The monoisotopic (exact) mass is 255 g/mol. The minimum absolute atomic E-state index is 0.169. The van der Waals surface area contributed by atoms with Gasteiger partial charge in [-0.1, -0.05) is 18.5 Å². The van der Waals surface area contributed by atoms with Crippen LogP contribution in [-0.4, -0.2) is 34.3 Å². The minimum Gasteiger partial charge on any atom is -0.394 e. The number of anilines is 1. The Morgan fingerprint density at radius 3 is 2.88 bits per heavy atom. The number of aliphatic hydroxyl groups is 1. The lowest BCUT2D eigenvalue weighted by Crippen LogP contribution is -2.33. The molecule has 4 nitrogen and oxygen atoms in total. The SMILES string of the molecule is CCc1nc(Cl)c(C)c(N2CCCC2CO)n1. The first kappa shape index (κ1) is 12.6. The van der Waals surface area contributed by atoms with Gasteiger partial charge in [0.05, 0.1) is 12.6 Å². The zero-order chi connectivity index (χ0) is 12.4. The summed E-state index contributed by atoms with van der Waals surface area (Å²) in [5.41, 5.74) is 0.907. The molecule has 94 valence electrons. The van der Waals surface area contributed by atoms with E-state index in [4.69, 9.17) is 11.6 Å². The van der Waals surface area contributed by atoms with Crippen LogP contribution in [0.2, 0.25) is 5.15 Å². The fraction of sp³-hybridized carbons (Fsp3) is 0.667. The number of hydrogen-bond donors (Lipinski definition) is 1. The van der Waals surface area contributed by atoms with Crippen molar-refractivity contribution in [2.75, 3.05) is 18.1 Å². The molecule has 1 aliphatic rings. The van der Waals surface area contributed by atoms with Crippen molar-refractivity contribution < 1.29 is 5.11 Å². The number of rotatable bonds is 3. The predicted molar refractivity (Wildman–Crippen MR) is 68.6 cm³/mol. The van der Waals surface area contributed by atoms with Gasteiger partial charge in [0.1, 0.15) is 16.8 Å². The Labute approximate surface area is 107 Å². The summed E-state index contributed by atoms with van der Waals surface area (Å²) in [5.74, 6) is 1.65. The lowest BCUT2D eigenvalue weighted by Gasteiger charge is -2.26. The van der Waals surface area contributed by atoms with Gasteiger partial charge in [-0.25, -0.2) is 9.97 Å². The smallest absolute Gasteiger partial charge is 0.137 e. The molecule has 0 aromatic carbocycles. The molecule has 1 fully saturated rings. The molecule has 1 saturated heterocycles. The van der Waals surface area contributed by atoms with Gasteiger partial charge in [-0.3, -0.25) is 0 Å². The molecule has 1 aromatic rings. The minimum atomic E-state index is 0.169. The molecule has 2 heterocycles. The lowest BCUT2D eigenvalue weighted by molar-refractivity contribution is 0.266. The first-order chi connectivity index (χ1) is 8.17. The van der Waals surface area contributed by atoms with Crippen molar-refractivity contribution in [3.63, 3.8) is 0 Å². The normalized spacial score (nSPS) is 20.0. The van der Waals surface area contributed by atoms with Gasteiger partial charge < -0.3 is 10.0 Å². The predicted octanol–water partition coefficient (Wildman–Crippen LogP) is 1.96. The maximum Gasteiger partial charge on any atom is 0.137 e. The highest BCUT2D eigenvalue weighted by molar-refractivity contribution is 6.30. The van der Waals surface area contributed by atoms with Crippen LogP contribution in [0.15, 0.2) is 0 Å². The quantitative estimate of drug-likeness (QED) is 0.839. The van der Waals surface area contributed by atoms with Gasteiger partial charge in [0, 0.05) is 18.5 Å². The summed E-state index contributed by atoms with van der Waals surface area (Å²) in [6, 6.07) is 0.171. The molecular weight excluding hydrogens is 238 g/mol. The van der Waals surface area contributed by atoms with Crippen molar-refractivity contribution in [2.45, 2.75) is 39.2 Å². The van der Waals surface area contributed by atoms with Crippen LogP contribution in [0, 0.1) is 6.92 Å².